The van der Waals surface area contributed by atoms with E-state index in [-0.39, 0.29) is 19.1 Å². The highest BCUT2D eigenvalue weighted by molar-refractivity contribution is 5.90. The standard InChI is InChI=1S/C13H18N2O4/c16-5-3-1-2-4-13(19)15-10-6-11(8-17)14-12(7-10)9-18/h5-7,17-18H,1-4,8-9H2,(H,14,15,19). The van der Waals surface area contributed by atoms with Crippen LogP contribution in [-0.2, 0) is 22.8 Å². The number of hydrogen-bond acceptors (Lipinski definition) is 5. The molecule has 0 radical (unpaired) electrons. The molecule has 6 nitrogen and oxygen atoms in total. The predicted octanol–water partition coefficient (Wildman–Crippen LogP) is 0.764. The summed E-state index contributed by atoms with van der Waals surface area (Å²) in [5.41, 5.74) is 1.29. The lowest BCUT2D eigenvalue weighted by atomic mass is 10.2. The number of amides is 1. The fourth-order valence-electron chi connectivity index (χ4n) is 1.62. The van der Waals surface area contributed by atoms with Gasteiger partial charge in [-0.05, 0) is 25.0 Å². The van der Waals surface area contributed by atoms with Crippen LogP contribution in [0.5, 0.6) is 0 Å². The van der Waals surface area contributed by atoms with E-state index in [4.69, 9.17) is 10.2 Å². The summed E-state index contributed by atoms with van der Waals surface area (Å²) < 4.78 is 0. The van der Waals surface area contributed by atoms with Crippen LogP contribution < -0.4 is 5.32 Å². The molecule has 0 saturated carbocycles. The monoisotopic (exact) mass is 266 g/mol. The van der Waals surface area contributed by atoms with Gasteiger partial charge in [0.1, 0.15) is 6.29 Å². The Morgan fingerprint density at radius 2 is 1.84 bits per heavy atom. The molecule has 0 fully saturated rings. The van der Waals surface area contributed by atoms with Crippen molar-refractivity contribution in [2.45, 2.75) is 38.9 Å². The highest BCUT2D eigenvalue weighted by Crippen LogP contribution is 2.13. The Kier molecular flexibility index (Phi) is 6.70. The summed E-state index contributed by atoms with van der Waals surface area (Å²) in [6.45, 7) is -0.508. The molecule has 3 N–H and O–H groups in total. The molecule has 0 aromatic carbocycles. The lowest BCUT2D eigenvalue weighted by Crippen LogP contribution is -2.12. The minimum atomic E-state index is -0.254. The van der Waals surface area contributed by atoms with Crippen molar-refractivity contribution in [2.24, 2.45) is 0 Å². The molecule has 1 amide bonds. The summed E-state index contributed by atoms with van der Waals surface area (Å²) in [5.74, 6) is -0.162. The van der Waals surface area contributed by atoms with Gasteiger partial charge in [-0.1, -0.05) is 0 Å². The zero-order valence-electron chi connectivity index (χ0n) is 10.6. The summed E-state index contributed by atoms with van der Waals surface area (Å²) in [6.07, 6.45) is 2.97. The predicted molar refractivity (Wildman–Crippen MR) is 69.2 cm³/mol. The Morgan fingerprint density at radius 1 is 1.21 bits per heavy atom. The average molecular weight is 266 g/mol. The van der Waals surface area contributed by atoms with E-state index in [0.717, 1.165) is 6.29 Å². The molecule has 0 aliphatic carbocycles. The third kappa shape index (κ3) is 5.58. The number of nitrogens with one attached hydrogen (secondary N) is 1. The van der Waals surface area contributed by atoms with Gasteiger partial charge in [0.25, 0.3) is 0 Å². The number of rotatable bonds is 8. The number of carbonyl (C=O) groups excluding carboxylic acids is 2. The molecule has 0 spiro atoms. The van der Waals surface area contributed by atoms with Gasteiger partial charge in [0, 0.05) is 18.5 Å². The van der Waals surface area contributed by atoms with E-state index in [0.29, 0.717) is 42.8 Å². The quantitative estimate of drug-likeness (QED) is 0.476. The number of anilines is 1. The molecule has 0 bridgehead atoms. The number of aliphatic hydroxyl groups excluding tert-OH is 2. The van der Waals surface area contributed by atoms with E-state index in [9.17, 15) is 9.59 Å². The van der Waals surface area contributed by atoms with Crippen LogP contribution in [0.25, 0.3) is 0 Å². The number of aldehydes is 1. The van der Waals surface area contributed by atoms with Crippen molar-refractivity contribution in [3.05, 3.63) is 23.5 Å². The molecule has 1 heterocycles. The van der Waals surface area contributed by atoms with Crippen molar-refractivity contribution in [2.75, 3.05) is 5.32 Å². The van der Waals surface area contributed by atoms with Crippen LogP contribution in [0, 0.1) is 0 Å². The van der Waals surface area contributed by atoms with Crippen LogP contribution in [0.2, 0.25) is 0 Å². The Bertz CT molecular complexity index is 412. The summed E-state index contributed by atoms with van der Waals surface area (Å²) in [5, 5.41) is 20.7. The smallest absolute Gasteiger partial charge is 0.224 e. The highest BCUT2D eigenvalue weighted by atomic mass is 16.3. The first kappa shape index (κ1) is 15.3. The average Bonchev–Trinajstić information content (AvgIpc) is 2.43. The zero-order valence-corrected chi connectivity index (χ0v) is 10.6. The molecular formula is C13H18N2O4. The van der Waals surface area contributed by atoms with Gasteiger partial charge < -0.3 is 20.3 Å². The van der Waals surface area contributed by atoms with E-state index in [1.165, 1.54) is 0 Å². The molecule has 19 heavy (non-hydrogen) atoms. The Hall–Kier alpha value is -1.79. The van der Waals surface area contributed by atoms with Gasteiger partial charge >= 0.3 is 0 Å². The van der Waals surface area contributed by atoms with Crippen LogP contribution in [0.15, 0.2) is 12.1 Å². The highest BCUT2D eigenvalue weighted by Gasteiger charge is 2.06. The Balaban J connectivity index is 2.55. The van der Waals surface area contributed by atoms with Crippen molar-refractivity contribution in [1.29, 1.82) is 0 Å². The lowest BCUT2D eigenvalue weighted by molar-refractivity contribution is -0.116. The number of aliphatic hydroxyl groups is 2. The number of unbranched alkanes of at least 4 members (excludes halogenated alkanes) is 2. The van der Waals surface area contributed by atoms with Crippen LogP contribution in [-0.4, -0.2) is 27.4 Å². The molecular weight excluding hydrogens is 248 g/mol. The Labute approximate surface area is 111 Å². The van der Waals surface area contributed by atoms with Gasteiger partial charge in [-0.3, -0.25) is 9.78 Å². The lowest BCUT2D eigenvalue weighted by Gasteiger charge is -2.08. The van der Waals surface area contributed by atoms with Crippen molar-refractivity contribution < 1.29 is 19.8 Å². The first-order chi connectivity index (χ1) is 9.19. The topological polar surface area (TPSA) is 99.5 Å². The van der Waals surface area contributed by atoms with Gasteiger partial charge in [-0.15, -0.1) is 0 Å². The maximum absolute atomic E-state index is 11.6. The maximum Gasteiger partial charge on any atom is 0.224 e. The van der Waals surface area contributed by atoms with Gasteiger partial charge in [0.2, 0.25) is 5.91 Å². The van der Waals surface area contributed by atoms with Crippen LogP contribution in [0.4, 0.5) is 5.69 Å². The number of nitrogens with zero attached hydrogens (tertiary/aromatic N) is 1. The van der Waals surface area contributed by atoms with Crippen molar-refractivity contribution >= 4 is 17.9 Å². The second-order valence-corrected chi connectivity index (χ2v) is 4.12. The van der Waals surface area contributed by atoms with Gasteiger partial charge in [-0.25, -0.2) is 0 Å². The van der Waals surface area contributed by atoms with Crippen molar-refractivity contribution in [3.8, 4) is 0 Å². The number of hydrogen-bond donors (Lipinski definition) is 3. The number of carbonyl (C=O) groups is 2. The van der Waals surface area contributed by atoms with Gasteiger partial charge in [0.15, 0.2) is 0 Å². The fourth-order valence-corrected chi connectivity index (χ4v) is 1.62. The molecule has 1 aromatic rings. The molecule has 0 unspecified atom stereocenters. The van der Waals surface area contributed by atoms with Crippen LogP contribution >= 0.6 is 0 Å². The Morgan fingerprint density at radius 3 is 2.37 bits per heavy atom. The van der Waals surface area contributed by atoms with Gasteiger partial charge in [-0.2, -0.15) is 0 Å². The van der Waals surface area contributed by atoms with E-state index < -0.39 is 0 Å². The first-order valence-corrected chi connectivity index (χ1v) is 6.14. The van der Waals surface area contributed by atoms with Crippen molar-refractivity contribution in [3.63, 3.8) is 0 Å². The van der Waals surface area contributed by atoms with Gasteiger partial charge in [0.05, 0.1) is 24.6 Å². The van der Waals surface area contributed by atoms with Crippen LogP contribution in [0.3, 0.4) is 0 Å². The van der Waals surface area contributed by atoms with E-state index in [2.05, 4.69) is 10.3 Å². The summed E-state index contributed by atoms with van der Waals surface area (Å²) in [7, 11) is 0. The van der Waals surface area contributed by atoms with E-state index in [1.807, 2.05) is 0 Å². The first-order valence-electron chi connectivity index (χ1n) is 6.14. The SMILES string of the molecule is O=CCCCCC(=O)Nc1cc(CO)nc(CO)c1. The number of aromatic nitrogens is 1. The number of pyridine rings is 1. The molecule has 0 atom stereocenters. The summed E-state index contributed by atoms with van der Waals surface area (Å²) in [4.78, 5) is 25.7. The van der Waals surface area contributed by atoms with Crippen molar-refractivity contribution in [1.82, 2.24) is 4.98 Å². The minimum Gasteiger partial charge on any atom is -0.390 e. The van der Waals surface area contributed by atoms with Crippen LogP contribution in [0.1, 0.15) is 37.1 Å². The second kappa shape index (κ2) is 8.34. The molecule has 6 heteroatoms. The third-order valence-electron chi connectivity index (χ3n) is 2.52. The van der Waals surface area contributed by atoms with E-state index in [1.54, 1.807) is 12.1 Å². The maximum atomic E-state index is 11.6. The summed E-state index contributed by atoms with van der Waals surface area (Å²) in [6, 6.07) is 3.12. The molecule has 1 aromatic heterocycles. The zero-order chi connectivity index (χ0) is 14.1. The molecule has 104 valence electrons. The molecule has 0 saturated heterocycles. The summed E-state index contributed by atoms with van der Waals surface area (Å²) >= 11 is 0. The minimum absolute atomic E-state index is 0.162. The third-order valence-corrected chi connectivity index (χ3v) is 2.52. The fraction of sp³-hybridized carbons (Fsp3) is 0.462. The van der Waals surface area contributed by atoms with E-state index >= 15 is 0 Å². The second-order valence-electron chi connectivity index (χ2n) is 4.12. The molecule has 0 aliphatic rings. The molecule has 0 aliphatic heterocycles. The largest absolute Gasteiger partial charge is 0.390 e. The normalized spacial score (nSPS) is 10.2. The molecule has 1 rings (SSSR count).